The maximum atomic E-state index is 11.8. The van der Waals surface area contributed by atoms with E-state index in [1.807, 2.05) is 0 Å². The van der Waals surface area contributed by atoms with Crippen LogP contribution in [0.2, 0.25) is 0 Å². The summed E-state index contributed by atoms with van der Waals surface area (Å²) in [5.41, 5.74) is 0.438. The van der Waals surface area contributed by atoms with Gasteiger partial charge in [-0.15, -0.1) is 0 Å². The molecule has 2 aliphatic rings. The van der Waals surface area contributed by atoms with Gasteiger partial charge in [-0.05, 0) is 37.8 Å². The molecule has 0 spiro atoms. The molecule has 2 rings (SSSR count). The Morgan fingerprint density at radius 1 is 1.64 bits per heavy atom. The number of rotatable bonds is 2. The van der Waals surface area contributed by atoms with Gasteiger partial charge in [-0.2, -0.15) is 0 Å². The molecule has 0 N–H and O–H groups in total. The summed E-state index contributed by atoms with van der Waals surface area (Å²) in [6.07, 6.45) is 4.64. The molecule has 0 aromatic rings. The first-order chi connectivity index (χ1) is 6.69. The number of allylic oxidation sites excluding steroid dienone is 1. The third-order valence-corrected chi connectivity index (χ3v) is 3.14. The van der Waals surface area contributed by atoms with Crippen molar-refractivity contribution in [1.29, 1.82) is 0 Å². The second-order valence-electron chi connectivity index (χ2n) is 3.97. The zero-order valence-electron chi connectivity index (χ0n) is 8.34. The molecule has 0 bridgehead atoms. The van der Waals surface area contributed by atoms with Crippen LogP contribution in [0.4, 0.5) is 0 Å². The van der Waals surface area contributed by atoms with Crippen molar-refractivity contribution in [3.8, 4) is 0 Å². The number of fused-ring (bicyclic) bond motifs is 1. The lowest BCUT2D eigenvalue weighted by molar-refractivity contribution is -0.153. The molecule has 1 atom stereocenters. The summed E-state index contributed by atoms with van der Waals surface area (Å²) in [6.45, 7) is 2.19. The predicted molar refractivity (Wildman–Crippen MR) is 50.6 cm³/mol. The van der Waals surface area contributed by atoms with Crippen LogP contribution in [0.5, 0.6) is 0 Å². The standard InChI is InChI=1S/C11H14O3/c1-2-14-10(13)11-5-3-4-8(11)6-9(12)7-11/h6H,2-5,7H2,1H3/t11-/m1/s1. The van der Waals surface area contributed by atoms with Crippen LogP contribution in [0, 0.1) is 5.41 Å². The maximum Gasteiger partial charge on any atom is 0.316 e. The minimum absolute atomic E-state index is 0.0766. The Kier molecular flexibility index (Phi) is 2.17. The SMILES string of the molecule is CCOC(=O)[C@@]12CCCC1=CC(=O)C2. The van der Waals surface area contributed by atoms with Gasteiger partial charge < -0.3 is 4.74 Å². The molecule has 1 fully saturated rings. The highest BCUT2D eigenvalue weighted by molar-refractivity contribution is 6.01. The third-order valence-electron chi connectivity index (χ3n) is 3.14. The van der Waals surface area contributed by atoms with Gasteiger partial charge in [0.05, 0.1) is 12.0 Å². The van der Waals surface area contributed by atoms with Crippen molar-refractivity contribution in [1.82, 2.24) is 0 Å². The molecule has 3 nitrogen and oxygen atoms in total. The van der Waals surface area contributed by atoms with Gasteiger partial charge in [0.1, 0.15) is 0 Å². The largest absolute Gasteiger partial charge is 0.465 e. The summed E-state index contributed by atoms with van der Waals surface area (Å²) >= 11 is 0. The Morgan fingerprint density at radius 3 is 3.14 bits per heavy atom. The van der Waals surface area contributed by atoms with Gasteiger partial charge in [0.15, 0.2) is 5.78 Å². The highest BCUT2D eigenvalue weighted by atomic mass is 16.5. The predicted octanol–water partition coefficient (Wildman–Crippen LogP) is 1.62. The fourth-order valence-electron chi connectivity index (χ4n) is 2.51. The average molecular weight is 194 g/mol. The summed E-state index contributed by atoms with van der Waals surface area (Å²) in [4.78, 5) is 23.1. The molecule has 0 heterocycles. The first-order valence-corrected chi connectivity index (χ1v) is 5.10. The second-order valence-corrected chi connectivity index (χ2v) is 3.97. The number of ether oxygens (including phenoxy) is 1. The lowest BCUT2D eigenvalue weighted by atomic mass is 9.83. The molecule has 1 saturated carbocycles. The minimum Gasteiger partial charge on any atom is -0.465 e. The molecule has 0 saturated heterocycles. The quantitative estimate of drug-likeness (QED) is 0.627. The summed E-state index contributed by atoms with van der Waals surface area (Å²) in [5, 5.41) is 0. The van der Waals surface area contributed by atoms with E-state index < -0.39 is 5.41 Å². The van der Waals surface area contributed by atoms with E-state index in [4.69, 9.17) is 4.74 Å². The molecule has 0 aliphatic heterocycles. The molecule has 0 radical (unpaired) electrons. The van der Waals surface area contributed by atoms with Gasteiger partial charge in [-0.3, -0.25) is 9.59 Å². The van der Waals surface area contributed by atoms with Crippen LogP contribution in [0.25, 0.3) is 0 Å². The smallest absolute Gasteiger partial charge is 0.316 e. The zero-order valence-corrected chi connectivity index (χ0v) is 8.34. The van der Waals surface area contributed by atoms with Gasteiger partial charge in [-0.25, -0.2) is 0 Å². The molecular formula is C11H14O3. The number of esters is 1. The van der Waals surface area contributed by atoms with E-state index in [0.29, 0.717) is 13.0 Å². The molecule has 14 heavy (non-hydrogen) atoms. The lowest BCUT2D eigenvalue weighted by Gasteiger charge is -2.22. The molecular weight excluding hydrogens is 180 g/mol. The van der Waals surface area contributed by atoms with E-state index in [-0.39, 0.29) is 11.8 Å². The Balaban J connectivity index is 2.27. The first kappa shape index (κ1) is 9.44. The van der Waals surface area contributed by atoms with Gasteiger partial charge >= 0.3 is 5.97 Å². The Hall–Kier alpha value is -1.12. The topological polar surface area (TPSA) is 43.4 Å². The van der Waals surface area contributed by atoms with Gasteiger partial charge in [-0.1, -0.05) is 0 Å². The van der Waals surface area contributed by atoms with Gasteiger partial charge in [0, 0.05) is 6.42 Å². The summed E-state index contributed by atoms with van der Waals surface area (Å²) in [6, 6.07) is 0. The van der Waals surface area contributed by atoms with E-state index in [1.54, 1.807) is 13.0 Å². The van der Waals surface area contributed by atoms with Crippen LogP contribution in [-0.2, 0) is 14.3 Å². The summed E-state index contributed by atoms with van der Waals surface area (Å²) in [7, 11) is 0. The minimum atomic E-state index is -0.562. The zero-order chi connectivity index (χ0) is 10.2. The molecule has 0 unspecified atom stereocenters. The number of carbonyl (C=O) groups is 2. The molecule has 3 heteroatoms. The average Bonchev–Trinajstić information content (AvgIpc) is 2.61. The fourth-order valence-corrected chi connectivity index (χ4v) is 2.51. The van der Waals surface area contributed by atoms with Crippen molar-refractivity contribution in [2.45, 2.75) is 32.6 Å². The van der Waals surface area contributed by atoms with E-state index in [0.717, 1.165) is 24.8 Å². The Morgan fingerprint density at radius 2 is 2.43 bits per heavy atom. The summed E-state index contributed by atoms with van der Waals surface area (Å²) < 4.78 is 5.05. The highest BCUT2D eigenvalue weighted by Crippen LogP contribution is 2.50. The lowest BCUT2D eigenvalue weighted by Crippen LogP contribution is -2.30. The van der Waals surface area contributed by atoms with Crippen LogP contribution in [0.1, 0.15) is 32.6 Å². The molecule has 0 aromatic carbocycles. The molecule has 2 aliphatic carbocycles. The normalized spacial score (nSPS) is 30.1. The van der Waals surface area contributed by atoms with Crippen molar-refractivity contribution >= 4 is 11.8 Å². The third kappa shape index (κ3) is 1.19. The van der Waals surface area contributed by atoms with Crippen molar-refractivity contribution < 1.29 is 14.3 Å². The molecule has 0 aromatic heterocycles. The van der Waals surface area contributed by atoms with Crippen LogP contribution in [-0.4, -0.2) is 18.4 Å². The van der Waals surface area contributed by atoms with Crippen molar-refractivity contribution in [2.75, 3.05) is 6.61 Å². The van der Waals surface area contributed by atoms with Crippen LogP contribution >= 0.6 is 0 Å². The van der Waals surface area contributed by atoms with Crippen LogP contribution in [0.3, 0.4) is 0 Å². The van der Waals surface area contributed by atoms with Crippen LogP contribution in [0.15, 0.2) is 11.6 Å². The van der Waals surface area contributed by atoms with Crippen molar-refractivity contribution in [2.24, 2.45) is 5.41 Å². The van der Waals surface area contributed by atoms with Crippen molar-refractivity contribution in [3.05, 3.63) is 11.6 Å². The van der Waals surface area contributed by atoms with E-state index in [2.05, 4.69) is 0 Å². The van der Waals surface area contributed by atoms with E-state index in [9.17, 15) is 9.59 Å². The molecule has 76 valence electrons. The highest BCUT2D eigenvalue weighted by Gasteiger charge is 2.50. The van der Waals surface area contributed by atoms with Crippen molar-refractivity contribution in [3.63, 3.8) is 0 Å². The number of ketones is 1. The first-order valence-electron chi connectivity index (χ1n) is 5.10. The van der Waals surface area contributed by atoms with Gasteiger partial charge in [0.2, 0.25) is 0 Å². The maximum absolute atomic E-state index is 11.8. The Bertz CT molecular complexity index is 316. The number of hydrogen-bond donors (Lipinski definition) is 0. The van der Waals surface area contributed by atoms with Gasteiger partial charge in [0.25, 0.3) is 0 Å². The summed E-state index contributed by atoms with van der Waals surface area (Å²) in [5.74, 6) is -0.123. The monoisotopic (exact) mass is 194 g/mol. The van der Waals surface area contributed by atoms with E-state index in [1.165, 1.54) is 0 Å². The second kappa shape index (κ2) is 3.23. The fraction of sp³-hybridized carbons (Fsp3) is 0.636. The van der Waals surface area contributed by atoms with E-state index >= 15 is 0 Å². The number of carbonyl (C=O) groups excluding carboxylic acids is 2. The van der Waals surface area contributed by atoms with Crippen LogP contribution < -0.4 is 0 Å². The molecule has 0 amide bonds. The number of hydrogen-bond acceptors (Lipinski definition) is 3. The Labute approximate surface area is 83.1 Å².